The molecule has 0 aromatic heterocycles. The minimum atomic E-state index is -0.790. The van der Waals surface area contributed by atoms with E-state index in [1.165, 1.54) is 0 Å². The van der Waals surface area contributed by atoms with Crippen molar-refractivity contribution in [3.8, 4) is 16.9 Å². The monoisotopic (exact) mass is 416 g/mol. The maximum Gasteiger partial charge on any atom is 0.313 e. The van der Waals surface area contributed by atoms with Gasteiger partial charge in [-0.1, -0.05) is 17.7 Å². The van der Waals surface area contributed by atoms with Gasteiger partial charge in [-0.3, -0.25) is 9.59 Å². The van der Waals surface area contributed by atoms with E-state index in [2.05, 4.69) is 5.32 Å². The van der Waals surface area contributed by atoms with Crippen LogP contribution in [0.2, 0.25) is 5.02 Å². The molecule has 1 N–H and O–H groups in total. The first-order valence-electron chi connectivity index (χ1n) is 9.44. The fourth-order valence-corrected chi connectivity index (χ4v) is 3.55. The first-order chi connectivity index (χ1) is 13.7. The molecule has 2 aromatic carbocycles. The van der Waals surface area contributed by atoms with E-state index < -0.39 is 5.41 Å². The number of hydrogen-bond acceptors (Lipinski definition) is 5. The van der Waals surface area contributed by atoms with Gasteiger partial charge < -0.3 is 19.7 Å². The van der Waals surface area contributed by atoms with Gasteiger partial charge in [-0.2, -0.15) is 0 Å². The number of esters is 1. The van der Waals surface area contributed by atoms with E-state index >= 15 is 0 Å². The number of carbonyl (C=O) groups is 2. The van der Waals surface area contributed by atoms with E-state index in [4.69, 9.17) is 21.1 Å². The number of nitrogens with one attached hydrogen (secondary N) is 1. The van der Waals surface area contributed by atoms with E-state index in [0.717, 1.165) is 16.8 Å². The predicted octanol–water partition coefficient (Wildman–Crippen LogP) is 4.43. The van der Waals surface area contributed by atoms with Gasteiger partial charge in [0.05, 0.1) is 31.4 Å². The van der Waals surface area contributed by atoms with Crippen molar-refractivity contribution in [3.63, 3.8) is 0 Å². The Morgan fingerprint density at radius 3 is 2.66 bits per heavy atom. The second-order valence-corrected chi connectivity index (χ2v) is 8.02. The minimum absolute atomic E-state index is 0.119. The molecule has 1 amide bonds. The summed E-state index contributed by atoms with van der Waals surface area (Å²) in [5, 5.41) is 3.86. The SMILES string of the molecule is CCOC(=O)C(C)(C)CN1CNc2cc(-c3cc(Cl)cc(OC)c3)ccc2C1=O. The Labute approximate surface area is 175 Å². The molecule has 1 aliphatic rings. The molecule has 0 bridgehead atoms. The van der Waals surface area contributed by atoms with E-state index in [1.807, 2.05) is 24.3 Å². The van der Waals surface area contributed by atoms with Crippen molar-refractivity contribution in [2.45, 2.75) is 20.8 Å². The molecule has 0 saturated carbocycles. The van der Waals surface area contributed by atoms with Gasteiger partial charge in [-0.15, -0.1) is 0 Å². The van der Waals surface area contributed by atoms with Crippen molar-refractivity contribution in [3.05, 3.63) is 47.0 Å². The minimum Gasteiger partial charge on any atom is -0.497 e. The molecule has 2 aromatic rings. The Hall–Kier alpha value is -2.73. The van der Waals surface area contributed by atoms with Crippen LogP contribution in [0.5, 0.6) is 5.75 Å². The lowest BCUT2D eigenvalue weighted by Gasteiger charge is -2.35. The van der Waals surface area contributed by atoms with Gasteiger partial charge >= 0.3 is 5.97 Å². The topological polar surface area (TPSA) is 67.9 Å². The van der Waals surface area contributed by atoms with Crippen LogP contribution in [0, 0.1) is 5.41 Å². The molecule has 0 saturated heterocycles. The molecule has 0 aliphatic carbocycles. The lowest BCUT2D eigenvalue weighted by Crippen LogP contribution is -2.47. The lowest BCUT2D eigenvalue weighted by atomic mass is 9.92. The van der Waals surface area contributed by atoms with Crippen LogP contribution in [-0.2, 0) is 9.53 Å². The number of nitrogens with zero attached hydrogens (tertiary/aromatic N) is 1. The first kappa shape index (κ1) is 21.0. The van der Waals surface area contributed by atoms with Gasteiger partial charge in [0, 0.05) is 17.3 Å². The van der Waals surface area contributed by atoms with Gasteiger partial charge in [0.1, 0.15) is 5.75 Å². The largest absolute Gasteiger partial charge is 0.497 e. The highest BCUT2D eigenvalue weighted by Gasteiger charge is 2.35. The van der Waals surface area contributed by atoms with Crippen molar-refractivity contribution in [2.75, 3.05) is 32.2 Å². The number of methoxy groups -OCH3 is 1. The van der Waals surface area contributed by atoms with Crippen LogP contribution in [0.1, 0.15) is 31.1 Å². The van der Waals surface area contributed by atoms with Crippen LogP contribution in [0.3, 0.4) is 0 Å². The molecule has 154 valence electrons. The molecule has 3 rings (SSSR count). The zero-order valence-corrected chi connectivity index (χ0v) is 17.8. The van der Waals surface area contributed by atoms with Crippen LogP contribution in [0.15, 0.2) is 36.4 Å². The molecule has 1 aliphatic heterocycles. The molecule has 1 heterocycles. The summed E-state index contributed by atoms with van der Waals surface area (Å²) in [6, 6.07) is 11.1. The highest BCUT2D eigenvalue weighted by atomic mass is 35.5. The van der Waals surface area contributed by atoms with Crippen molar-refractivity contribution in [1.29, 1.82) is 0 Å². The van der Waals surface area contributed by atoms with Gasteiger partial charge in [0.2, 0.25) is 0 Å². The fourth-order valence-electron chi connectivity index (χ4n) is 3.32. The number of hydrogen-bond donors (Lipinski definition) is 1. The van der Waals surface area contributed by atoms with Crippen molar-refractivity contribution >= 4 is 29.2 Å². The first-order valence-corrected chi connectivity index (χ1v) is 9.82. The number of ether oxygens (including phenoxy) is 2. The predicted molar refractivity (Wildman–Crippen MR) is 113 cm³/mol. The number of anilines is 1. The second-order valence-electron chi connectivity index (χ2n) is 7.58. The third kappa shape index (κ3) is 4.48. The Kier molecular flexibility index (Phi) is 6.03. The van der Waals surface area contributed by atoms with Crippen molar-refractivity contribution < 1.29 is 19.1 Å². The van der Waals surface area contributed by atoms with Crippen LogP contribution < -0.4 is 10.1 Å². The summed E-state index contributed by atoms with van der Waals surface area (Å²) in [6.45, 7) is 6.23. The average Bonchev–Trinajstić information content (AvgIpc) is 2.69. The van der Waals surface area contributed by atoms with E-state index in [-0.39, 0.29) is 18.4 Å². The Morgan fingerprint density at radius 1 is 1.21 bits per heavy atom. The summed E-state index contributed by atoms with van der Waals surface area (Å²) in [5.41, 5.74) is 2.34. The summed E-state index contributed by atoms with van der Waals surface area (Å²) in [7, 11) is 1.59. The standard InChI is InChI=1S/C22H25ClN2O4/c1-5-29-21(27)22(2,3)12-25-13-24-19-10-14(6-7-18(19)20(25)26)15-8-16(23)11-17(9-15)28-4/h6-11,24H,5,12-13H2,1-4H3. The van der Waals surface area contributed by atoms with Gasteiger partial charge in [-0.05, 0) is 62.2 Å². The number of carbonyl (C=O) groups excluding carboxylic acids is 2. The fraction of sp³-hybridized carbons (Fsp3) is 0.364. The average molecular weight is 417 g/mol. The summed E-state index contributed by atoms with van der Waals surface area (Å²) in [5.74, 6) is 0.233. The highest BCUT2D eigenvalue weighted by Crippen LogP contribution is 2.33. The summed E-state index contributed by atoms with van der Waals surface area (Å²) in [6.07, 6.45) is 0. The zero-order chi connectivity index (χ0) is 21.2. The van der Waals surface area contributed by atoms with Gasteiger partial charge in [0.15, 0.2) is 0 Å². The quantitative estimate of drug-likeness (QED) is 0.705. The van der Waals surface area contributed by atoms with Crippen LogP contribution >= 0.6 is 11.6 Å². The molecule has 0 fully saturated rings. The summed E-state index contributed by atoms with van der Waals surface area (Å²) < 4.78 is 10.4. The van der Waals surface area contributed by atoms with E-state index in [1.54, 1.807) is 44.9 Å². The number of rotatable bonds is 6. The third-order valence-electron chi connectivity index (χ3n) is 4.85. The Morgan fingerprint density at radius 2 is 1.97 bits per heavy atom. The van der Waals surface area contributed by atoms with E-state index in [9.17, 15) is 9.59 Å². The molecular formula is C22H25ClN2O4. The lowest BCUT2D eigenvalue weighted by molar-refractivity contribution is -0.154. The second kappa shape index (κ2) is 8.33. The van der Waals surface area contributed by atoms with Crippen LogP contribution in [0.4, 0.5) is 5.69 Å². The number of amides is 1. The third-order valence-corrected chi connectivity index (χ3v) is 5.07. The summed E-state index contributed by atoms with van der Waals surface area (Å²) >= 11 is 6.18. The van der Waals surface area contributed by atoms with Crippen molar-refractivity contribution in [1.82, 2.24) is 4.90 Å². The van der Waals surface area contributed by atoms with Gasteiger partial charge in [0.25, 0.3) is 5.91 Å². The molecule has 0 radical (unpaired) electrons. The summed E-state index contributed by atoms with van der Waals surface area (Å²) in [4.78, 5) is 26.8. The molecule has 6 nitrogen and oxygen atoms in total. The smallest absolute Gasteiger partial charge is 0.313 e. The highest BCUT2D eigenvalue weighted by molar-refractivity contribution is 6.31. The van der Waals surface area contributed by atoms with Crippen LogP contribution in [-0.4, -0.2) is 43.7 Å². The molecule has 0 spiro atoms. The Balaban J connectivity index is 1.83. The number of fused-ring (bicyclic) bond motifs is 1. The number of benzene rings is 2. The van der Waals surface area contributed by atoms with E-state index in [0.29, 0.717) is 29.6 Å². The molecule has 0 unspecified atom stereocenters. The maximum atomic E-state index is 13.0. The molecule has 7 heteroatoms. The van der Waals surface area contributed by atoms with Crippen LogP contribution in [0.25, 0.3) is 11.1 Å². The normalized spacial score (nSPS) is 13.6. The zero-order valence-electron chi connectivity index (χ0n) is 17.0. The molecular weight excluding hydrogens is 392 g/mol. The number of halogens is 1. The maximum absolute atomic E-state index is 13.0. The van der Waals surface area contributed by atoms with Gasteiger partial charge in [-0.25, -0.2) is 0 Å². The molecule has 29 heavy (non-hydrogen) atoms. The van der Waals surface area contributed by atoms with Crippen molar-refractivity contribution in [2.24, 2.45) is 5.41 Å². The molecule has 0 atom stereocenters. The Bertz CT molecular complexity index is 942.